The number of ketones is 1. The molecular weight excluding hydrogens is 264 g/mol. The molecule has 5 heteroatoms. The van der Waals surface area contributed by atoms with Crippen LogP contribution in [0.1, 0.15) is 51.5 Å². The summed E-state index contributed by atoms with van der Waals surface area (Å²) >= 11 is 0. The maximum atomic E-state index is 12.1. The van der Waals surface area contributed by atoms with Gasteiger partial charge in [0.15, 0.2) is 5.78 Å². The lowest BCUT2D eigenvalue weighted by Crippen LogP contribution is -2.41. The van der Waals surface area contributed by atoms with Crippen molar-refractivity contribution < 1.29 is 9.32 Å². The van der Waals surface area contributed by atoms with Crippen molar-refractivity contribution in [3.8, 4) is 0 Å². The van der Waals surface area contributed by atoms with Gasteiger partial charge >= 0.3 is 0 Å². The molecular formula is C14H23ClN2O2. The van der Waals surface area contributed by atoms with E-state index >= 15 is 0 Å². The van der Waals surface area contributed by atoms with Gasteiger partial charge in [0.25, 0.3) is 0 Å². The summed E-state index contributed by atoms with van der Waals surface area (Å²) in [7, 11) is 0. The van der Waals surface area contributed by atoms with Crippen LogP contribution in [0.3, 0.4) is 0 Å². The van der Waals surface area contributed by atoms with E-state index in [9.17, 15) is 4.79 Å². The Morgan fingerprint density at radius 3 is 2.74 bits per heavy atom. The molecule has 108 valence electrons. The van der Waals surface area contributed by atoms with Crippen molar-refractivity contribution in [3.05, 3.63) is 17.5 Å². The van der Waals surface area contributed by atoms with Crippen LogP contribution in [0, 0.1) is 0 Å². The molecule has 0 aliphatic carbocycles. The molecule has 1 N–H and O–H groups in total. The van der Waals surface area contributed by atoms with Gasteiger partial charge in [0, 0.05) is 11.5 Å². The van der Waals surface area contributed by atoms with E-state index in [4.69, 9.17) is 4.52 Å². The molecule has 1 aliphatic heterocycles. The van der Waals surface area contributed by atoms with Crippen molar-refractivity contribution in [3.63, 3.8) is 0 Å². The van der Waals surface area contributed by atoms with Crippen LogP contribution in [0.25, 0.3) is 0 Å². The maximum absolute atomic E-state index is 12.1. The number of carbonyl (C=O) groups excluding carboxylic acids is 1. The van der Waals surface area contributed by atoms with Crippen LogP contribution in [0.4, 0.5) is 0 Å². The van der Waals surface area contributed by atoms with Crippen LogP contribution in [0.2, 0.25) is 0 Å². The third kappa shape index (κ3) is 4.32. The number of nitrogens with one attached hydrogen (secondary N) is 1. The van der Waals surface area contributed by atoms with E-state index in [2.05, 4.69) is 31.2 Å². The molecule has 0 saturated carbocycles. The number of hydrogen-bond donors (Lipinski definition) is 1. The smallest absolute Gasteiger partial charge is 0.155 e. The summed E-state index contributed by atoms with van der Waals surface area (Å²) in [5.41, 5.74) is 0.689. The second-order valence-electron chi connectivity index (χ2n) is 6.08. The molecule has 2 heterocycles. The molecule has 1 saturated heterocycles. The van der Waals surface area contributed by atoms with Gasteiger partial charge in [0.05, 0.1) is 18.2 Å². The van der Waals surface area contributed by atoms with Crippen molar-refractivity contribution in [2.75, 3.05) is 6.54 Å². The standard InChI is InChI=1S/C14H22N2O2.ClH/c1-14(2,3)13-9-10(16-18-13)8-12(17)11-6-4-5-7-15-11;/h9,11,15H,4-8H2,1-3H3;1H/t11-;/m1./s1. The van der Waals surface area contributed by atoms with Crippen LogP contribution in [-0.2, 0) is 16.6 Å². The summed E-state index contributed by atoms with van der Waals surface area (Å²) in [5.74, 6) is 1.06. The van der Waals surface area contributed by atoms with E-state index in [1.807, 2.05) is 6.07 Å². The van der Waals surface area contributed by atoms with Crippen molar-refractivity contribution in [2.24, 2.45) is 0 Å². The van der Waals surface area contributed by atoms with Gasteiger partial charge in [0.1, 0.15) is 5.76 Å². The number of aromatic nitrogens is 1. The van der Waals surface area contributed by atoms with E-state index in [1.54, 1.807) is 0 Å². The number of rotatable bonds is 3. The molecule has 0 aromatic carbocycles. The maximum Gasteiger partial charge on any atom is 0.155 e. The molecule has 1 aliphatic rings. The molecule has 2 rings (SSSR count). The monoisotopic (exact) mass is 286 g/mol. The van der Waals surface area contributed by atoms with E-state index in [1.165, 1.54) is 6.42 Å². The zero-order valence-electron chi connectivity index (χ0n) is 11.9. The number of carbonyl (C=O) groups is 1. The van der Waals surface area contributed by atoms with Gasteiger partial charge in [-0.25, -0.2) is 0 Å². The summed E-state index contributed by atoms with van der Waals surface area (Å²) in [6.45, 7) is 7.16. The lowest BCUT2D eigenvalue weighted by molar-refractivity contribution is -0.121. The molecule has 0 spiro atoms. The molecule has 4 nitrogen and oxygen atoms in total. The first-order valence-corrected chi connectivity index (χ1v) is 6.69. The lowest BCUT2D eigenvalue weighted by atomic mass is 9.92. The van der Waals surface area contributed by atoms with Crippen LogP contribution in [-0.4, -0.2) is 23.5 Å². The fourth-order valence-corrected chi connectivity index (χ4v) is 2.18. The molecule has 1 aromatic rings. The van der Waals surface area contributed by atoms with Crippen molar-refractivity contribution in [2.45, 2.75) is 57.9 Å². The third-order valence-corrected chi connectivity index (χ3v) is 3.35. The molecule has 0 bridgehead atoms. The van der Waals surface area contributed by atoms with Gasteiger partial charge in [-0.2, -0.15) is 0 Å². The van der Waals surface area contributed by atoms with Crippen LogP contribution >= 0.6 is 12.4 Å². The summed E-state index contributed by atoms with van der Waals surface area (Å²) < 4.78 is 5.29. The Labute approximate surface area is 120 Å². The van der Waals surface area contributed by atoms with E-state index in [0.717, 1.165) is 30.8 Å². The Bertz CT molecular complexity index is 417. The molecule has 1 atom stereocenters. The zero-order valence-corrected chi connectivity index (χ0v) is 12.7. The SMILES string of the molecule is CC(C)(C)c1cc(CC(=O)[C@H]2CCCCN2)no1.Cl. The Hall–Kier alpha value is -0.870. The highest BCUT2D eigenvalue weighted by atomic mass is 35.5. The molecule has 0 amide bonds. The summed E-state index contributed by atoms with van der Waals surface area (Å²) in [4.78, 5) is 12.1. The lowest BCUT2D eigenvalue weighted by Gasteiger charge is -2.21. The predicted octanol–water partition coefficient (Wildman–Crippen LogP) is 2.65. The topological polar surface area (TPSA) is 55.1 Å². The molecule has 0 radical (unpaired) electrons. The van der Waals surface area contributed by atoms with Crippen LogP contribution in [0.5, 0.6) is 0 Å². The summed E-state index contributed by atoms with van der Waals surface area (Å²) in [6.07, 6.45) is 3.62. The molecule has 1 aromatic heterocycles. The van der Waals surface area contributed by atoms with Gasteiger partial charge in [-0.05, 0) is 19.4 Å². The molecule has 19 heavy (non-hydrogen) atoms. The molecule has 0 unspecified atom stereocenters. The number of hydrogen-bond acceptors (Lipinski definition) is 4. The Kier molecular flexibility index (Phi) is 5.56. The zero-order chi connectivity index (χ0) is 13.2. The minimum Gasteiger partial charge on any atom is -0.361 e. The fraction of sp³-hybridized carbons (Fsp3) is 0.714. The Morgan fingerprint density at radius 1 is 1.47 bits per heavy atom. The average Bonchev–Trinajstić information content (AvgIpc) is 2.78. The van der Waals surface area contributed by atoms with E-state index < -0.39 is 0 Å². The van der Waals surface area contributed by atoms with Crippen LogP contribution in [0.15, 0.2) is 10.6 Å². The largest absolute Gasteiger partial charge is 0.361 e. The second-order valence-corrected chi connectivity index (χ2v) is 6.08. The van der Waals surface area contributed by atoms with E-state index in [-0.39, 0.29) is 29.6 Å². The fourth-order valence-electron chi connectivity index (χ4n) is 2.18. The Balaban J connectivity index is 0.00000180. The third-order valence-electron chi connectivity index (χ3n) is 3.35. The second kappa shape index (κ2) is 6.53. The highest BCUT2D eigenvalue weighted by Crippen LogP contribution is 2.23. The number of Topliss-reactive ketones (excluding diaryl/α,β-unsaturated/α-hetero) is 1. The first kappa shape index (κ1) is 16.2. The summed E-state index contributed by atoms with van der Waals surface area (Å²) in [5, 5.41) is 7.26. The highest BCUT2D eigenvalue weighted by molar-refractivity contribution is 5.86. The van der Waals surface area contributed by atoms with Gasteiger partial charge in [-0.15, -0.1) is 12.4 Å². The number of nitrogens with zero attached hydrogens (tertiary/aromatic N) is 1. The van der Waals surface area contributed by atoms with Gasteiger partial charge in [0.2, 0.25) is 0 Å². The van der Waals surface area contributed by atoms with Crippen LogP contribution < -0.4 is 5.32 Å². The van der Waals surface area contributed by atoms with Crippen molar-refractivity contribution in [1.29, 1.82) is 0 Å². The quantitative estimate of drug-likeness (QED) is 0.928. The minimum atomic E-state index is -0.0581. The normalized spacial score (nSPS) is 19.8. The average molecular weight is 287 g/mol. The van der Waals surface area contributed by atoms with Gasteiger partial charge < -0.3 is 9.84 Å². The minimum absolute atomic E-state index is 0. The van der Waals surface area contributed by atoms with E-state index in [0.29, 0.717) is 6.42 Å². The highest BCUT2D eigenvalue weighted by Gasteiger charge is 2.24. The van der Waals surface area contributed by atoms with Gasteiger partial charge in [-0.1, -0.05) is 32.3 Å². The first-order chi connectivity index (χ1) is 8.47. The number of piperidine rings is 1. The Morgan fingerprint density at radius 2 is 2.21 bits per heavy atom. The molecule has 1 fully saturated rings. The number of halogens is 1. The van der Waals surface area contributed by atoms with Gasteiger partial charge in [-0.3, -0.25) is 4.79 Å². The predicted molar refractivity (Wildman–Crippen MR) is 76.8 cm³/mol. The summed E-state index contributed by atoms with van der Waals surface area (Å²) in [6, 6.07) is 1.91. The first-order valence-electron chi connectivity index (χ1n) is 6.69. The van der Waals surface area contributed by atoms with Crippen molar-refractivity contribution >= 4 is 18.2 Å². The van der Waals surface area contributed by atoms with Crippen molar-refractivity contribution in [1.82, 2.24) is 10.5 Å².